The number of alkyl halides is 1. The summed E-state index contributed by atoms with van der Waals surface area (Å²) in [5, 5.41) is 0.866. The minimum atomic E-state index is 0.458. The maximum atomic E-state index is 6.16. The predicted molar refractivity (Wildman–Crippen MR) is 62.3 cm³/mol. The predicted octanol–water partition coefficient (Wildman–Crippen LogP) is 4.46. The van der Waals surface area contributed by atoms with Gasteiger partial charge in [-0.05, 0) is 30.4 Å². The Morgan fingerprint density at radius 1 is 1.29 bits per heavy atom. The van der Waals surface area contributed by atoms with Crippen molar-refractivity contribution < 1.29 is 0 Å². The standard InChI is InChI=1S/C12H14Cl2/c13-8-11(9-4-3-5-9)10-6-1-2-7-12(10)14/h1-2,6-7,9,11H,3-5,8H2. The average molecular weight is 229 g/mol. The smallest absolute Gasteiger partial charge is 0.0441 e. The van der Waals surface area contributed by atoms with Crippen LogP contribution in [0, 0.1) is 5.92 Å². The zero-order valence-electron chi connectivity index (χ0n) is 8.05. The van der Waals surface area contributed by atoms with Gasteiger partial charge >= 0.3 is 0 Å². The van der Waals surface area contributed by atoms with Crippen LogP contribution in [-0.2, 0) is 0 Å². The number of benzene rings is 1. The molecule has 0 aliphatic heterocycles. The van der Waals surface area contributed by atoms with Gasteiger partial charge in [0, 0.05) is 16.8 Å². The molecular weight excluding hydrogens is 215 g/mol. The van der Waals surface area contributed by atoms with Gasteiger partial charge in [0.05, 0.1) is 0 Å². The van der Waals surface area contributed by atoms with Gasteiger partial charge in [0.1, 0.15) is 0 Å². The highest BCUT2D eigenvalue weighted by Crippen LogP contribution is 2.41. The molecule has 0 saturated heterocycles. The fourth-order valence-corrected chi connectivity index (χ4v) is 2.78. The van der Waals surface area contributed by atoms with E-state index in [1.165, 1.54) is 24.8 Å². The van der Waals surface area contributed by atoms with E-state index in [9.17, 15) is 0 Å². The van der Waals surface area contributed by atoms with E-state index in [4.69, 9.17) is 23.2 Å². The molecule has 76 valence electrons. The highest BCUT2D eigenvalue weighted by atomic mass is 35.5. The number of halogens is 2. The van der Waals surface area contributed by atoms with E-state index in [1.54, 1.807) is 0 Å². The van der Waals surface area contributed by atoms with Crippen LogP contribution in [-0.4, -0.2) is 5.88 Å². The van der Waals surface area contributed by atoms with Gasteiger partial charge in [-0.25, -0.2) is 0 Å². The summed E-state index contributed by atoms with van der Waals surface area (Å²) in [5.74, 6) is 1.90. The Bertz CT molecular complexity index is 305. The molecule has 0 aromatic heterocycles. The van der Waals surface area contributed by atoms with Gasteiger partial charge in [-0.1, -0.05) is 36.2 Å². The van der Waals surface area contributed by atoms with Crippen LogP contribution >= 0.6 is 23.2 Å². The van der Waals surface area contributed by atoms with Gasteiger partial charge in [0.15, 0.2) is 0 Å². The molecule has 0 nitrogen and oxygen atoms in total. The van der Waals surface area contributed by atoms with Crippen LogP contribution in [0.15, 0.2) is 24.3 Å². The van der Waals surface area contributed by atoms with Crippen molar-refractivity contribution in [3.05, 3.63) is 34.9 Å². The summed E-state index contributed by atoms with van der Waals surface area (Å²) in [7, 11) is 0. The van der Waals surface area contributed by atoms with E-state index >= 15 is 0 Å². The monoisotopic (exact) mass is 228 g/mol. The third-order valence-corrected chi connectivity index (χ3v) is 3.87. The van der Waals surface area contributed by atoms with E-state index in [-0.39, 0.29) is 0 Å². The maximum absolute atomic E-state index is 6.16. The Morgan fingerprint density at radius 3 is 2.50 bits per heavy atom. The minimum Gasteiger partial charge on any atom is -0.126 e. The topological polar surface area (TPSA) is 0 Å². The lowest BCUT2D eigenvalue weighted by atomic mass is 9.74. The lowest BCUT2D eigenvalue weighted by molar-refractivity contribution is 0.274. The SMILES string of the molecule is ClCC(c1ccccc1Cl)C1CCC1. The molecule has 0 radical (unpaired) electrons. The highest BCUT2D eigenvalue weighted by Gasteiger charge is 2.28. The molecule has 1 saturated carbocycles. The van der Waals surface area contributed by atoms with E-state index < -0.39 is 0 Å². The Balaban J connectivity index is 2.22. The average Bonchev–Trinajstić information content (AvgIpc) is 2.12. The van der Waals surface area contributed by atoms with Gasteiger partial charge in [-0.3, -0.25) is 0 Å². The first-order chi connectivity index (χ1) is 6.83. The molecule has 1 atom stereocenters. The second-order valence-electron chi connectivity index (χ2n) is 3.97. The molecule has 2 rings (SSSR count). The Morgan fingerprint density at radius 2 is 2.00 bits per heavy atom. The lowest BCUT2D eigenvalue weighted by Crippen LogP contribution is -2.21. The van der Waals surface area contributed by atoms with Crippen molar-refractivity contribution in [2.45, 2.75) is 25.2 Å². The van der Waals surface area contributed by atoms with Gasteiger partial charge in [-0.2, -0.15) is 0 Å². The van der Waals surface area contributed by atoms with Crippen LogP contribution in [0.3, 0.4) is 0 Å². The first-order valence-corrected chi connectivity index (χ1v) is 6.04. The summed E-state index contributed by atoms with van der Waals surface area (Å²) in [4.78, 5) is 0. The Hall–Kier alpha value is -0.200. The molecule has 14 heavy (non-hydrogen) atoms. The highest BCUT2D eigenvalue weighted by molar-refractivity contribution is 6.31. The van der Waals surface area contributed by atoms with Crippen LogP contribution in [0.4, 0.5) is 0 Å². The molecule has 1 aliphatic rings. The first kappa shape index (κ1) is 10.3. The second kappa shape index (κ2) is 4.55. The lowest BCUT2D eigenvalue weighted by Gasteiger charge is -2.33. The molecule has 0 amide bonds. The van der Waals surface area contributed by atoms with E-state index in [0.29, 0.717) is 11.8 Å². The summed E-state index contributed by atoms with van der Waals surface area (Å²) in [6.45, 7) is 0. The zero-order valence-corrected chi connectivity index (χ0v) is 9.56. The van der Waals surface area contributed by atoms with Crippen LogP contribution in [0.5, 0.6) is 0 Å². The van der Waals surface area contributed by atoms with Crippen molar-refractivity contribution >= 4 is 23.2 Å². The molecule has 0 N–H and O–H groups in total. The molecule has 1 aromatic carbocycles. The van der Waals surface area contributed by atoms with Crippen LogP contribution in [0.1, 0.15) is 30.7 Å². The molecule has 1 aromatic rings. The normalized spacial score (nSPS) is 19.0. The van der Waals surface area contributed by atoms with Crippen molar-refractivity contribution in [3.63, 3.8) is 0 Å². The van der Waals surface area contributed by atoms with Gasteiger partial charge in [-0.15, -0.1) is 11.6 Å². The van der Waals surface area contributed by atoms with Crippen LogP contribution in [0.25, 0.3) is 0 Å². The first-order valence-electron chi connectivity index (χ1n) is 5.13. The van der Waals surface area contributed by atoms with Gasteiger partial charge in [0.2, 0.25) is 0 Å². The summed E-state index contributed by atoms with van der Waals surface area (Å²) in [6, 6.07) is 8.07. The maximum Gasteiger partial charge on any atom is 0.0441 e. The zero-order chi connectivity index (χ0) is 9.97. The van der Waals surface area contributed by atoms with Crippen LogP contribution in [0.2, 0.25) is 5.02 Å². The minimum absolute atomic E-state index is 0.458. The van der Waals surface area contributed by atoms with Gasteiger partial charge in [0.25, 0.3) is 0 Å². The molecule has 1 unspecified atom stereocenters. The van der Waals surface area contributed by atoms with Crippen molar-refractivity contribution in [1.82, 2.24) is 0 Å². The number of hydrogen-bond acceptors (Lipinski definition) is 0. The Kier molecular flexibility index (Phi) is 3.35. The third-order valence-electron chi connectivity index (χ3n) is 3.19. The fourth-order valence-electron chi connectivity index (χ4n) is 2.08. The summed E-state index contributed by atoms with van der Waals surface area (Å²) < 4.78 is 0. The van der Waals surface area contributed by atoms with Crippen molar-refractivity contribution in [1.29, 1.82) is 0 Å². The summed E-state index contributed by atoms with van der Waals surface area (Å²) in [5.41, 5.74) is 1.23. The fraction of sp³-hybridized carbons (Fsp3) is 0.500. The second-order valence-corrected chi connectivity index (χ2v) is 4.69. The largest absolute Gasteiger partial charge is 0.126 e. The molecular formula is C12H14Cl2. The molecule has 1 fully saturated rings. The number of hydrogen-bond donors (Lipinski definition) is 0. The third kappa shape index (κ3) is 1.92. The molecule has 0 heterocycles. The van der Waals surface area contributed by atoms with E-state index in [2.05, 4.69) is 6.07 Å². The van der Waals surface area contributed by atoms with E-state index in [1.807, 2.05) is 18.2 Å². The Labute approximate surface area is 95.2 Å². The van der Waals surface area contributed by atoms with Crippen molar-refractivity contribution in [2.75, 3.05) is 5.88 Å². The quantitative estimate of drug-likeness (QED) is 0.671. The van der Waals surface area contributed by atoms with E-state index in [0.717, 1.165) is 10.9 Å². The van der Waals surface area contributed by atoms with Crippen LogP contribution < -0.4 is 0 Å². The van der Waals surface area contributed by atoms with Crippen molar-refractivity contribution in [2.24, 2.45) is 5.92 Å². The molecule has 1 aliphatic carbocycles. The molecule has 2 heteroatoms. The molecule has 0 spiro atoms. The molecule has 0 bridgehead atoms. The van der Waals surface area contributed by atoms with Crippen molar-refractivity contribution in [3.8, 4) is 0 Å². The summed E-state index contributed by atoms with van der Waals surface area (Å²) >= 11 is 12.2. The summed E-state index contributed by atoms with van der Waals surface area (Å²) in [6.07, 6.45) is 3.97. The number of rotatable bonds is 3. The van der Waals surface area contributed by atoms with Gasteiger partial charge < -0.3 is 0 Å².